The Morgan fingerprint density at radius 1 is 1.11 bits per heavy atom. The minimum Gasteiger partial charge on any atom is -0.497 e. The number of anilines is 1. The number of benzene rings is 3. The van der Waals surface area contributed by atoms with Gasteiger partial charge in [-0.15, -0.1) is 0 Å². The summed E-state index contributed by atoms with van der Waals surface area (Å²) in [5, 5.41) is 23.0. The van der Waals surface area contributed by atoms with E-state index in [4.69, 9.17) is 20.7 Å². The number of aliphatic hydroxyl groups excluding tert-OH is 1. The molecule has 3 aromatic rings. The molecule has 36 heavy (non-hydrogen) atoms. The Balaban J connectivity index is 0.000000386. The van der Waals surface area contributed by atoms with Crippen molar-refractivity contribution >= 4 is 17.8 Å². The smallest absolute Gasteiger partial charge is 0.210 e. The molecular weight excluding hydrogens is 500 g/mol. The predicted molar refractivity (Wildman–Crippen MR) is 141 cm³/mol. The molecule has 5 nitrogen and oxygen atoms in total. The first-order valence-corrected chi connectivity index (χ1v) is 11.5. The van der Waals surface area contributed by atoms with Crippen molar-refractivity contribution in [2.45, 2.75) is 32.6 Å². The van der Waals surface area contributed by atoms with Gasteiger partial charge in [-0.05, 0) is 86.4 Å². The Labute approximate surface area is 222 Å². The molecule has 0 saturated heterocycles. The second-order valence-electron chi connectivity index (χ2n) is 8.65. The van der Waals surface area contributed by atoms with E-state index in [-0.39, 0.29) is 33.9 Å². The molecule has 0 saturated carbocycles. The number of nitrogens with one attached hydrogen (secondary N) is 2. The number of allylic oxidation sites excluding steroid dienone is 2. The SMILES string of the molecule is CCN1/C(=C\C=N)C(C)(Cc2ccc(C)c(F)c2)c2cc(OC)ccc21.N=C(O)c1ccccc1.[Co]. The molecule has 3 N–H and O–H groups in total. The van der Waals surface area contributed by atoms with E-state index in [1.165, 1.54) is 6.21 Å². The van der Waals surface area contributed by atoms with Gasteiger partial charge >= 0.3 is 0 Å². The van der Waals surface area contributed by atoms with Crippen LogP contribution in [0.15, 0.2) is 78.5 Å². The number of halogens is 1. The minimum absolute atomic E-state index is 0. The molecule has 1 unspecified atom stereocenters. The number of hydrogen-bond acceptors (Lipinski definition) is 4. The van der Waals surface area contributed by atoms with Gasteiger partial charge in [0.1, 0.15) is 11.6 Å². The van der Waals surface area contributed by atoms with E-state index in [1.54, 1.807) is 44.4 Å². The van der Waals surface area contributed by atoms with Gasteiger partial charge in [-0.2, -0.15) is 0 Å². The zero-order valence-electron chi connectivity index (χ0n) is 20.9. The van der Waals surface area contributed by atoms with E-state index in [0.29, 0.717) is 17.5 Å². The molecule has 0 amide bonds. The van der Waals surface area contributed by atoms with Crippen LogP contribution in [-0.4, -0.2) is 30.9 Å². The summed E-state index contributed by atoms with van der Waals surface area (Å²) < 4.78 is 19.5. The minimum atomic E-state index is -0.379. The number of aryl methyl sites for hydroxylation is 1. The number of hydrogen-bond donors (Lipinski definition) is 3. The van der Waals surface area contributed by atoms with E-state index in [9.17, 15) is 4.39 Å². The van der Waals surface area contributed by atoms with Crippen LogP contribution in [0.5, 0.6) is 5.75 Å². The third-order valence-electron chi connectivity index (χ3n) is 6.34. The predicted octanol–water partition coefficient (Wildman–Crippen LogP) is 6.58. The van der Waals surface area contributed by atoms with Crippen molar-refractivity contribution in [3.05, 3.63) is 107 Å². The van der Waals surface area contributed by atoms with E-state index in [1.807, 2.05) is 30.3 Å². The summed E-state index contributed by atoms with van der Waals surface area (Å²) in [7, 11) is 1.66. The van der Waals surface area contributed by atoms with Crippen molar-refractivity contribution in [2.24, 2.45) is 0 Å². The molecule has 1 atom stereocenters. The van der Waals surface area contributed by atoms with Crippen molar-refractivity contribution in [3.8, 4) is 5.75 Å². The molecule has 1 aliphatic rings. The first-order valence-electron chi connectivity index (χ1n) is 11.5. The summed E-state index contributed by atoms with van der Waals surface area (Å²) in [5.41, 5.74) is 5.11. The second kappa shape index (κ2) is 12.5. The third-order valence-corrected chi connectivity index (χ3v) is 6.34. The van der Waals surface area contributed by atoms with Gasteiger partial charge in [0, 0.05) is 51.9 Å². The quantitative estimate of drug-likeness (QED) is 0.248. The van der Waals surface area contributed by atoms with Crippen molar-refractivity contribution in [1.82, 2.24) is 0 Å². The maximum atomic E-state index is 14.1. The maximum Gasteiger partial charge on any atom is 0.210 e. The molecule has 0 spiro atoms. The number of aliphatic hydroxyl groups is 1. The number of likely N-dealkylation sites (N-methyl/N-ethyl adjacent to an activating group) is 1. The van der Waals surface area contributed by atoms with Gasteiger partial charge in [-0.1, -0.05) is 30.3 Å². The Hall–Kier alpha value is -3.42. The van der Waals surface area contributed by atoms with Crippen LogP contribution >= 0.6 is 0 Å². The van der Waals surface area contributed by atoms with E-state index in [2.05, 4.69) is 30.9 Å². The molecule has 1 heterocycles. The van der Waals surface area contributed by atoms with Gasteiger partial charge in [0.2, 0.25) is 5.90 Å². The number of nitrogens with zero attached hydrogens (tertiary/aromatic N) is 1. The van der Waals surface area contributed by atoms with Crippen LogP contribution < -0.4 is 9.64 Å². The van der Waals surface area contributed by atoms with E-state index >= 15 is 0 Å². The third kappa shape index (κ3) is 6.03. The summed E-state index contributed by atoms with van der Waals surface area (Å²) in [5.74, 6) is 0.243. The molecule has 4 rings (SSSR count). The van der Waals surface area contributed by atoms with Crippen molar-refractivity contribution in [3.63, 3.8) is 0 Å². The Morgan fingerprint density at radius 2 is 1.81 bits per heavy atom. The van der Waals surface area contributed by atoms with Gasteiger partial charge in [0.05, 0.1) is 7.11 Å². The summed E-state index contributed by atoms with van der Waals surface area (Å²) in [4.78, 5) is 2.23. The van der Waals surface area contributed by atoms with Gasteiger partial charge in [0.15, 0.2) is 0 Å². The van der Waals surface area contributed by atoms with Crippen LogP contribution in [0.4, 0.5) is 10.1 Å². The molecule has 0 aromatic heterocycles. The molecular formula is C29H32CoFN3O2. The van der Waals surface area contributed by atoms with Crippen LogP contribution in [0.2, 0.25) is 0 Å². The molecule has 0 bridgehead atoms. The fraction of sp³-hybridized carbons (Fsp3) is 0.241. The molecule has 1 radical (unpaired) electrons. The summed E-state index contributed by atoms with van der Waals surface area (Å²) in [6.07, 6.45) is 3.83. The zero-order valence-corrected chi connectivity index (χ0v) is 22.0. The largest absolute Gasteiger partial charge is 0.497 e. The van der Waals surface area contributed by atoms with Gasteiger partial charge in [0.25, 0.3) is 0 Å². The number of ether oxygens (including phenoxy) is 1. The summed E-state index contributed by atoms with van der Waals surface area (Å²) in [6.45, 7) is 6.84. The Kier molecular flexibility index (Phi) is 10.0. The fourth-order valence-corrected chi connectivity index (χ4v) is 4.51. The number of methoxy groups -OCH3 is 1. The topological polar surface area (TPSA) is 80.4 Å². The average Bonchev–Trinajstić information content (AvgIpc) is 3.09. The molecule has 3 aromatic carbocycles. The first-order chi connectivity index (χ1) is 16.7. The van der Waals surface area contributed by atoms with Crippen LogP contribution in [0.25, 0.3) is 0 Å². The van der Waals surface area contributed by atoms with E-state index < -0.39 is 0 Å². The second-order valence-corrected chi connectivity index (χ2v) is 8.65. The molecule has 191 valence electrons. The van der Waals surface area contributed by atoms with E-state index in [0.717, 1.165) is 34.8 Å². The van der Waals surface area contributed by atoms with Crippen LogP contribution in [-0.2, 0) is 28.6 Å². The van der Waals surface area contributed by atoms with Crippen LogP contribution in [0, 0.1) is 23.6 Å². The monoisotopic (exact) mass is 532 g/mol. The van der Waals surface area contributed by atoms with Crippen molar-refractivity contribution in [2.75, 3.05) is 18.6 Å². The molecule has 0 aliphatic carbocycles. The summed E-state index contributed by atoms with van der Waals surface area (Å²) in [6, 6.07) is 20.3. The average molecular weight is 533 g/mol. The maximum absolute atomic E-state index is 14.1. The molecule has 0 fully saturated rings. The van der Waals surface area contributed by atoms with Gasteiger partial charge < -0.3 is 20.2 Å². The van der Waals surface area contributed by atoms with Gasteiger partial charge in [-0.3, -0.25) is 5.41 Å². The van der Waals surface area contributed by atoms with Crippen LogP contribution in [0.3, 0.4) is 0 Å². The summed E-state index contributed by atoms with van der Waals surface area (Å²) >= 11 is 0. The van der Waals surface area contributed by atoms with Crippen LogP contribution in [0.1, 0.15) is 36.1 Å². The molecule has 7 heteroatoms. The van der Waals surface area contributed by atoms with Crippen molar-refractivity contribution in [1.29, 1.82) is 10.8 Å². The van der Waals surface area contributed by atoms with Crippen molar-refractivity contribution < 1.29 is 31.0 Å². The Bertz CT molecular complexity index is 1250. The van der Waals surface area contributed by atoms with Gasteiger partial charge in [-0.25, -0.2) is 4.39 Å². The number of fused-ring (bicyclic) bond motifs is 1. The normalized spacial score (nSPS) is 16.9. The zero-order chi connectivity index (χ0) is 25.6. The molecule has 1 aliphatic heterocycles. The Morgan fingerprint density at radius 3 is 2.33 bits per heavy atom. The standard InChI is InChI=1S/C22H25FN2O.C7H7NO.Co/c1-5-25-20-9-8-17(26-4)13-18(20)22(3,21(25)10-11-24)14-16-7-6-15(2)19(23)12-16;8-7(9)6-4-2-1-3-5-6;/h6-13,24H,5,14H2,1-4H3;1-5H,(H2,8,9);/b21-10-,24-11?;;. The first kappa shape index (κ1) is 28.8. The number of rotatable bonds is 6. The fourth-order valence-electron chi connectivity index (χ4n) is 4.51.